The summed E-state index contributed by atoms with van der Waals surface area (Å²) in [4.78, 5) is 21.0. The lowest BCUT2D eigenvalue weighted by Crippen LogP contribution is -2.50. The van der Waals surface area contributed by atoms with Crippen LogP contribution in [0.1, 0.15) is 44.5 Å². The van der Waals surface area contributed by atoms with E-state index in [4.69, 9.17) is 0 Å². The Hall–Kier alpha value is -1.40. The van der Waals surface area contributed by atoms with Gasteiger partial charge in [-0.25, -0.2) is 4.98 Å². The van der Waals surface area contributed by atoms with E-state index in [9.17, 15) is 9.90 Å². The molecule has 0 aliphatic carbocycles. The summed E-state index contributed by atoms with van der Waals surface area (Å²) < 4.78 is 1.85. The molecule has 0 spiro atoms. The van der Waals surface area contributed by atoms with Crippen molar-refractivity contribution in [3.8, 4) is 0 Å². The summed E-state index contributed by atoms with van der Waals surface area (Å²) in [6, 6.07) is -0.0657. The van der Waals surface area contributed by atoms with Crippen LogP contribution in [0.5, 0.6) is 0 Å². The number of imidazole rings is 1. The highest BCUT2D eigenvalue weighted by Crippen LogP contribution is 2.29. The maximum absolute atomic E-state index is 12.8. The van der Waals surface area contributed by atoms with Gasteiger partial charge in [0.25, 0.3) is 0 Å². The predicted molar refractivity (Wildman–Crippen MR) is 89.9 cm³/mol. The van der Waals surface area contributed by atoms with Crippen molar-refractivity contribution in [2.45, 2.75) is 44.8 Å². The molecule has 1 aliphatic heterocycles. The standard InChI is InChI=1S/C17H30N4O2/c1-5-7-14(19(2)3)17(23)21-10-6-8-13(12-21)15(22)16-18-9-11-20(16)4/h9,11,13-15,22H,5-8,10,12H2,1-4H3. The molecule has 1 saturated heterocycles. The Kier molecular flexibility index (Phi) is 6.18. The van der Waals surface area contributed by atoms with Crippen LogP contribution in [0, 0.1) is 5.92 Å². The molecule has 0 aromatic carbocycles. The van der Waals surface area contributed by atoms with Crippen LogP contribution in [0.15, 0.2) is 12.4 Å². The van der Waals surface area contributed by atoms with Gasteiger partial charge in [0.2, 0.25) is 5.91 Å². The van der Waals surface area contributed by atoms with Crippen molar-refractivity contribution in [3.63, 3.8) is 0 Å². The number of aliphatic hydroxyl groups excluding tert-OH is 1. The van der Waals surface area contributed by atoms with E-state index in [-0.39, 0.29) is 17.9 Å². The van der Waals surface area contributed by atoms with Gasteiger partial charge in [0.1, 0.15) is 11.9 Å². The minimum Gasteiger partial charge on any atom is -0.385 e. The second kappa shape index (κ2) is 7.93. The lowest BCUT2D eigenvalue weighted by Gasteiger charge is -2.38. The van der Waals surface area contributed by atoms with Gasteiger partial charge in [-0.15, -0.1) is 0 Å². The van der Waals surface area contributed by atoms with E-state index >= 15 is 0 Å². The summed E-state index contributed by atoms with van der Waals surface area (Å²) >= 11 is 0. The zero-order valence-corrected chi connectivity index (χ0v) is 14.8. The van der Waals surface area contributed by atoms with Crippen LogP contribution in [0.3, 0.4) is 0 Å². The van der Waals surface area contributed by atoms with Gasteiger partial charge in [-0.1, -0.05) is 13.3 Å². The molecule has 1 amide bonds. The fraction of sp³-hybridized carbons (Fsp3) is 0.765. The Labute approximate surface area is 139 Å². The number of aromatic nitrogens is 2. The molecule has 0 saturated carbocycles. The number of aryl methyl sites for hydroxylation is 1. The Bertz CT molecular complexity index is 514. The minimum atomic E-state index is -0.616. The summed E-state index contributed by atoms with van der Waals surface area (Å²) in [5.41, 5.74) is 0. The van der Waals surface area contributed by atoms with Crippen molar-refractivity contribution in [1.82, 2.24) is 19.4 Å². The SMILES string of the molecule is CCCC(C(=O)N1CCCC(C(O)c2nccn2C)C1)N(C)C. The average Bonchev–Trinajstić information content (AvgIpc) is 2.97. The quantitative estimate of drug-likeness (QED) is 0.860. The number of likely N-dealkylation sites (N-methyl/N-ethyl adjacent to an activating group) is 1. The maximum atomic E-state index is 12.8. The van der Waals surface area contributed by atoms with Gasteiger partial charge >= 0.3 is 0 Å². The van der Waals surface area contributed by atoms with Crippen molar-refractivity contribution in [3.05, 3.63) is 18.2 Å². The number of hydrogen-bond donors (Lipinski definition) is 1. The number of piperidine rings is 1. The van der Waals surface area contributed by atoms with Gasteiger partial charge in [-0.2, -0.15) is 0 Å². The van der Waals surface area contributed by atoms with Gasteiger partial charge in [0.15, 0.2) is 0 Å². The molecule has 0 radical (unpaired) electrons. The largest absolute Gasteiger partial charge is 0.385 e. The van der Waals surface area contributed by atoms with Gasteiger partial charge in [0, 0.05) is 38.4 Å². The summed E-state index contributed by atoms with van der Waals surface area (Å²) in [6.07, 6.45) is 6.65. The maximum Gasteiger partial charge on any atom is 0.239 e. The normalized spacial score (nSPS) is 21.5. The molecule has 6 heteroatoms. The summed E-state index contributed by atoms with van der Waals surface area (Å²) in [7, 11) is 5.81. The van der Waals surface area contributed by atoms with Crippen LogP contribution in [0.4, 0.5) is 0 Å². The van der Waals surface area contributed by atoms with Crippen LogP contribution in [-0.4, -0.2) is 63.6 Å². The van der Waals surface area contributed by atoms with Crippen molar-refractivity contribution in [1.29, 1.82) is 0 Å². The van der Waals surface area contributed by atoms with Crippen LogP contribution >= 0.6 is 0 Å². The van der Waals surface area contributed by atoms with Crippen LogP contribution in [0.25, 0.3) is 0 Å². The molecule has 1 N–H and O–H groups in total. The molecular weight excluding hydrogens is 292 g/mol. The molecule has 1 aliphatic rings. The topological polar surface area (TPSA) is 61.6 Å². The van der Waals surface area contributed by atoms with E-state index in [0.29, 0.717) is 12.4 Å². The highest BCUT2D eigenvalue weighted by Gasteiger charge is 2.33. The summed E-state index contributed by atoms with van der Waals surface area (Å²) in [5.74, 6) is 0.925. The molecule has 2 rings (SSSR count). The lowest BCUT2D eigenvalue weighted by atomic mass is 9.91. The van der Waals surface area contributed by atoms with E-state index in [1.807, 2.05) is 41.7 Å². The van der Waals surface area contributed by atoms with E-state index in [1.54, 1.807) is 6.20 Å². The zero-order valence-electron chi connectivity index (χ0n) is 14.8. The number of hydrogen-bond acceptors (Lipinski definition) is 4. The number of likely N-dealkylation sites (tertiary alicyclic amines) is 1. The molecule has 1 aromatic rings. The summed E-state index contributed by atoms with van der Waals surface area (Å²) in [6.45, 7) is 3.51. The fourth-order valence-electron chi connectivity index (χ4n) is 3.43. The molecule has 6 nitrogen and oxygen atoms in total. The molecule has 1 fully saturated rings. The molecule has 0 bridgehead atoms. The minimum absolute atomic E-state index is 0.0539. The second-order valence-corrected chi connectivity index (χ2v) is 6.80. The van der Waals surface area contributed by atoms with Gasteiger partial charge in [0.05, 0.1) is 6.04 Å². The average molecular weight is 322 g/mol. The number of aliphatic hydroxyl groups is 1. The summed E-state index contributed by atoms with van der Waals surface area (Å²) in [5, 5.41) is 10.6. The zero-order chi connectivity index (χ0) is 17.0. The molecular formula is C17H30N4O2. The monoisotopic (exact) mass is 322 g/mol. The Morgan fingerprint density at radius 3 is 2.83 bits per heavy atom. The van der Waals surface area contributed by atoms with Gasteiger partial charge < -0.3 is 14.6 Å². The van der Waals surface area contributed by atoms with Crippen molar-refractivity contribution < 1.29 is 9.90 Å². The highest BCUT2D eigenvalue weighted by molar-refractivity contribution is 5.82. The smallest absolute Gasteiger partial charge is 0.239 e. The third-order valence-electron chi connectivity index (χ3n) is 4.81. The first-order valence-electron chi connectivity index (χ1n) is 8.56. The second-order valence-electron chi connectivity index (χ2n) is 6.80. The van der Waals surface area contributed by atoms with Crippen molar-refractivity contribution >= 4 is 5.91 Å². The molecule has 2 heterocycles. The van der Waals surface area contributed by atoms with E-state index in [0.717, 1.165) is 32.2 Å². The first kappa shape index (κ1) is 17.9. The number of nitrogens with zero attached hydrogens (tertiary/aromatic N) is 4. The molecule has 23 heavy (non-hydrogen) atoms. The number of carbonyl (C=O) groups excluding carboxylic acids is 1. The van der Waals surface area contributed by atoms with Crippen LogP contribution in [0.2, 0.25) is 0 Å². The predicted octanol–water partition coefficient (Wildman–Crippen LogP) is 1.42. The molecule has 1 aromatic heterocycles. The molecule has 3 unspecified atom stereocenters. The molecule has 3 atom stereocenters. The van der Waals surface area contributed by atoms with E-state index in [1.165, 1.54) is 0 Å². The fourth-order valence-corrected chi connectivity index (χ4v) is 3.43. The Balaban J connectivity index is 2.05. The third kappa shape index (κ3) is 4.12. The van der Waals surface area contributed by atoms with Gasteiger partial charge in [-0.3, -0.25) is 9.69 Å². The number of rotatable bonds is 6. The number of carbonyl (C=O) groups is 1. The van der Waals surface area contributed by atoms with E-state index in [2.05, 4.69) is 11.9 Å². The number of amides is 1. The van der Waals surface area contributed by atoms with E-state index < -0.39 is 6.10 Å². The Morgan fingerprint density at radius 1 is 1.52 bits per heavy atom. The van der Waals surface area contributed by atoms with Crippen LogP contribution in [-0.2, 0) is 11.8 Å². The van der Waals surface area contributed by atoms with Crippen molar-refractivity contribution in [2.75, 3.05) is 27.2 Å². The first-order valence-corrected chi connectivity index (χ1v) is 8.56. The lowest BCUT2D eigenvalue weighted by molar-refractivity contribution is -0.139. The third-order valence-corrected chi connectivity index (χ3v) is 4.81. The van der Waals surface area contributed by atoms with Crippen molar-refractivity contribution in [2.24, 2.45) is 13.0 Å². The Morgan fingerprint density at radius 2 is 2.26 bits per heavy atom. The van der Waals surface area contributed by atoms with Gasteiger partial charge in [-0.05, 0) is 33.4 Å². The highest BCUT2D eigenvalue weighted by atomic mass is 16.3. The first-order chi connectivity index (χ1) is 11.0. The molecule has 130 valence electrons. The van der Waals surface area contributed by atoms with Crippen LogP contribution < -0.4 is 0 Å².